The number of benzene rings is 1. The Kier molecular flexibility index (Phi) is 4.56. The quantitative estimate of drug-likeness (QED) is 0.650. The van der Waals surface area contributed by atoms with E-state index in [0.29, 0.717) is 0 Å². The van der Waals surface area contributed by atoms with Crippen molar-refractivity contribution in [1.82, 2.24) is 0 Å². The molecule has 0 saturated carbocycles. The molecule has 0 amide bonds. The van der Waals surface area contributed by atoms with E-state index in [2.05, 4.69) is 32.9 Å². The van der Waals surface area contributed by atoms with Gasteiger partial charge in [-0.2, -0.15) is 0 Å². The van der Waals surface area contributed by atoms with Crippen LogP contribution in [0.15, 0.2) is 34.1 Å². The van der Waals surface area contributed by atoms with E-state index in [1.807, 2.05) is 12.1 Å². The number of rotatable bonds is 3. The lowest BCUT2D eigenvalue weighted by Crippen LogP contribution is -1.79. The fourth-order valence-electron chi connectivity index (χ4n) is 1.19. The highest BCUT2D eigenvalue weighted by atomic mass is 35.5. The van der Waals surface area contributed by atoms with Crippen LogP contribution in [0.5, 0.6) is 0 Å². The summed E-state index contributed by atoms with van der Waals surface area (Å²) in [6.07, 6.45) is 3.31. The van der Waals surface area contributed by atoms with Gasteiger partial charge in [-0.15, -0.1) is 0 Å². The first-order chi connectivity index (χ1) is 6.63. The molecule has 0 radical (unpaired) electrons. The van der Waals surface area contributed by atoms with Crippen molar-refractivity contribution in [2.24, 2.45) is 0 Å². The lowest BCUT2D eigenvalue weighted by Gasteiger charge is -2.05. The predicted molar refractivity (Wildman–Crippen MR) is 66.1 cm³/mol. The second-order valence-electron chi connectivity index (χ2n) is 3.23. The summed E-state index contributed by atoms with van der Waals surface area (Å²) in [6.45, 7) is 6.39. The number of hydrogen-bond acceptors (Lipinski definition) is 1. The van der Waals surface area contributed by atoms with Crippen molar-refractivity contribution in [1.29, 1.82) is 0 Å². The van der Waals surface area contributed by atoms with Crippen molar-refractivity contribution < 1.29 is 0 Å². The number of allylic oxidation sites excluding steroid dienone is 2. The number of halogens is 1. The van der Waals surface area contributed by atoms with Crippen LogP contribution in [0.3, 0.4) is 0 Å². The highest BCUT2D eigenvalue weighted by Crippen LogP contribution is 2.31. The SMILES string of the molecule is CC/C=C(\C)Sc1cc(Cl)ccc1C. The predicted octanol–water partition coefficient (Wildman–Crippen LogP) is 5.05. The van der Waals surface area contributed by atoms with E-state index >= 15 is 0 Å². The Morgan fingerprint density at radius 3 is 2.86 bits per heavy atom. The van der Waals surface area contributed by atoms with Crippen molar-refractivity contribution >= 4 is 23.4 Å². The summed E-state index contributed by atoms with van der Waals surface area (Å²) in [5.41, 5.74) is 1.28. The molecule has 0 aliphatic heterocycles. The second kappa shape index (κ2) is 5.47. The zero-order chi connectivity index (χ0) is 10.6. The van der Waals surface area contributed by atoms with E-state index in [9.17, 15) is 0 Å². The van der Waals surface area contributed by atoms with Crippen molar-refractivity contribution in [2.45, 2.75) is 32.1 Å². The lowest BCUT2D eigenvalue weighted by molar-refractivity contribution is 1.21. The first-order valence-corrected chi connectivity index (χ1v) is 5.93. The van der Waals surface area contributed by atoms with Gasteiger partial charge >= 0.3 is 0 Å². The van der Waals surface area contributed by atoms with Crippen LogP contribution < -0.4 is 0 Å². The van der Waals surface area contributed by atoms with Gasteiger partial charge in [0.25, 0.3) is 0 Å². The van der Waals surface area contributed by atoms with Crippen molar-refractivity contribution in [3.8, 4) is 0 Å². The third-order valence-electron chi connectivity index (χ3n) is 1.91. The summed E-state index contributed by atoms with van der Waals surface area (Å²) in [5.74, 6) is 0. The Bertz CT molecular complexity index is 342. The lowest BCUT2D eigenvalue weighted by atomic mass is 10.2. The average molecular weight is 227 g/mol. The molecule has 14 heavy (non-hydrogen) atoms. The smallest absolute Gasteiger partial charge is 0.0417 e. The minimum Gasteiger partial charge on any atom is -0.0949 e. The van der Waals surface area contributed by atoms with Gasteiger partial charge in [-0.3, -0.25) is 0 Å². The van der Waals surface area contributed by atoms with Crippen LogP contribution in [0.1, 0.15) is 25.8 Å². The minimum absolute atomic E-state index is 0.808. The molecule has 0 saturated heterocycles. The maximum absolute atomic E-state index is 5.94. The molecule has 0 aliphatic rings. The average Bonchev–Trinajstić information content (AvgIpc) is 2.12. The Morgan fingerprint density at radius 2 is 2.21 bits per heavy atom. The van der Waals surface area contributed by atoms with Gasteiger partial charge in [-0.05, 0) is 42.9 Å². The molecule has 2 heteroatoms. The Hall–Kier alpha value is -0.400. The van der Waals surface area contributed by atoms with Crippen LogP contribution in [-0.2, 0) is 0 Å². The van der Waals surface area contributed by atoms with Gasteiger partial charge in [-0.25, -0.2) is 0 Å². The first-order valence-electron chi connectivity index (χ1n) is 4.74. The fourth-order valence-corrected chi connectivity index (χ4v) is 2.44. The summed E-state index contributed by atoms with van der Waals surface area (Å²) >= 11 is 7.73. The number of aryl methyl sites for hydroxylation is 1. The topological polar surface area (TPSA) is 0 Å². The van der Waals surface area contributed by atoms with Crippen LogP contribution in [0.4, 0.5) is 0 Å². The van der Waals surface area contributed by atoms with Gasteiger partial charge in [-0.1, -0.05) is 42.4 Å². The zero-order valence-electron chi connectivity index (χ0n) is 8.80. The maximum Gasteiger partial charge on any atom is 0.0417 e. The number of hydrogen-bond donors (Lipinski definition) is 0. The highest BCUT2D eigenvalue weighted by molar-refractivity contribution is 8.03. The van der Waals surface area contributed by atoms with E-state index in [-0.39, 0.29) is 0 Å². The second-order valence-corrected chi connectivity index (χ2v) is 4.96. The maximum atomic E-state index is 5.94. The zero-order valence-corrected chi connectivity index (χ0v) is 10.4. The molecule has 1 aromatic rings. The van der Waals surface area contributed by atoms with Crippen LogP contribution >= 0.6 is 23.4 Å². The molecule has 0 spiro atoms. The summed E-state index contributed by atoms with van der Waals surface area (Å²) < 4.78 is 0. The van der Waals surface area contributed by atoms with E-state index in [1.165, 1.54) is 15.4 Å². The molecular weight excluding hydrogens is 212 g/mol. The van der Waals surface area contributed by atoms with E-state index in [0.717, 1.165) is 11.4 Å². The van der Waals surface area contributed by atoms with Gasteiger partial charge in [0, 0.05) is 9.92 Å². The van der Waals surface area contributed by atoms with E-state index < -0.39 is 0 Å². The van der Waals surface area contributed by atoms with Crippen molar-refractivity contribution in [3.63, 3.8) is 0 Å². The Labute approximate surface area is 95.4 Å². The standard InChI is InChI=1S/C12H15ClS/c1-4-5-10(3)14-12-8-11(13)7-6-9(12)2/h5-8H,4H2,1-3H3/b10-5+. The molecule has 76 valence electrons. The first kappa shape index (κ1) is 11.7. The summed E-state index contributed by atoms with van der Waals surface area (Å²) in [5, 5.41) is 0.808. The number of thioether (sulfide) groups is 1. The Balaban J connectivity index is 2.85. The molecule has 0 bridgehead atoms. The largest absolute Gasteiger partial charge is 0.0949 e. The van der Waals surface area contributed by atoms with Crippen molar-refractivity contribution in [2.75, 3.05) is 0 Å². The van der Waals surface area contributed by atoms with Crippen LogP contribution in [0, 0.1) is 6.92 Å². The molecule has 0 N–H and O–H groups in total. The van der Waals surface area contributed by atoms with Crippen LogP contribution in [0.2, 0.25) is 5.02 Å². The molecule has 0 heterocycles. The monoisotopic (exact) mass is 226 g/mol. The molecule has 0 nitrogen and oxygen atoms in total. The van der Waals surface area contributed by atoms with Gasteiger partial charge in [0.15, 0.2) is 0 Å². The molecule has 1 rings (SSSR count). The van der Waals surface area contributed by atoms with Crippen LogP contribution in [0.25, 0.3) is 0 Å². The fraction of sp³-hybridized carbons (Fsp3) is 0.333. The molecule has 0 fully saturated rings. The molecule has 0 unspecified atom stereocenters. The highest BCUT2D eigenvalue weighted by Gasteiger charge is 2.00. The molecule has 0 aliphatic carbocycles. The van der Waals surface area contributed by atoms with Gasteiger partial charge in [0.2, 0.25) is 0 Å². The minimum atomic E-state index is 0.808. The summed E-state index contributed by atoms with van der Waals surface area (Å²) in [4.78, 5) is 2.58. The summed E-state index contributed by atoms with van der Waals surface area (Å²) in [7, 11) is 0. The van der Waals surface area contributed by atoms with Gasteiger partial charge < -0.3 is 0 Å². The van der Waals surface area contributed by atoms with Crippen LogP contribution in [-0.4, -0.2) is 0 Å². The molecule has 0 aromatic heterocycles. The molecule has 1 aromatic carbocycles. The third kappa shape index (κ3) is 3.39. The van der Waals surface area contributed by atoms with E-state index in [1.54, 1.807) is 11.8 Å². The van der Waals surface area contributed by atoms with E-state index in [4.69, 9.17) is 11.6 Å². The third-order valence-corrected chi connectivity index (χ3v) is 3.30. The Morgan fingerprint density at radius 1 is 1.50 bits per heavy atom. The molecular formula is C12H15ClS. The van der Waals surface area contributed by atoms with Crippen molar-refractivity contribution in [3.05, 3.63) is 39.8 Å². The normalized spacial score (nSPS) is 11.9. The van der Waals surface area contributed by atoms with Gasteiger partial charge in [0.1, 0.15) is 0 Å². The van der Waals surface area contributed by atoms with Gasteiger partial charge in [0.05, 0.1) is 0 Å². The molecule has 0 atom stereocenters. The summed E-state index contributed by atoms with van der Waals surface area (Å²) in [6, 6.07) is 6.01.